The average Bonchev–Trinajstić information content (AvgIpc) is 3.03. The van der Waals surface area contributed by atoms with Gasteiger partial charge in [-0.15, -0.1) is 11.3 Å². The summed E-state index contributed by atoms with van der Waals surface area (Å²) in [6, 6.07) is 10.9. The van der Waals surface area contributed by atoms with Gasteiger partial charge in [0, 0.05) is 17.7 Å². The molecule has 0 radical (unpaired) electrons. The van der Waals surface area contributed by atoms with E-state index in [1.165, 1.54) is 11.1 Å². The summed E-state index contributed by atoms with van der Waals surface area (Å²) in [5, 5.41) is 8.53. The Hall–Kier alpha value is -1.86. The molecule has 0 aliphatic heterocycles. The van der Waals surface area contributed by atoms with Crippen molar-refractivity contribution in [3.05, 3.63) is 52.2 Å². The normalized spacial score (nSPS) is 12.2. The predicted molar refractivity (Wildman–Crippen MR) is 95.5 cm³/mol. The van der Waals surface area contributed by atoms with Crippen molar-refractivity contribution in [2.75, 3.05) is 12.8 Å². The van der Waals surface area contributed by atoms with Crippen molar-refractivity contribution < 1.29 is 8.42 Å². The Bertz CT molecular complexity index is 736. The third-order valence-corrected chi connectivity index (χ3v) is 5.13. The third kappa shape index (κ3) is 5.69. The van der Waals surface area contributed by atoms with Crippen LogP contribution in [0.25, 0.3) is 0 Å². The molecule has 0 unspecified atom stereocenters. The van der Waals surface area contributed by atoms with Crippen LogP contribution in [0.5, 0.6) is 0 Å². The Morgan fingerprint density at radius 3 is 2.48 bits per heavy atom. The lowest BCUT2D eigenvalue weighted by atomic mass is 10.2. The molecule has 1 aromatic carbocycles. The van der Waals surface area contributed by atoms with Gasteiger partial charge >= 0.3 is 0 Å². The smallest absolute Gasteiger partial charge is 0.191 e. The van der Waals surface area contributed by atoms with E-state index < -0.39 is 9.84 Å². The minimum atomic E-state index is -3.15. The highest BCUT2D eigenvalue weighted by Crippen LogP contribution is 2.11. The molecule has 2 N–H and O–H groups in total. The lowest BCUT2D eigenvalue weighted by Gasteiger charge is -2.10. The molecule has 1 aromatic heterocycles. The van der Waals surface area contributed by atoms with E-state index in [-0.39, 0.29) is 0 Å². The van der Waals surface area contributed by atoms with Crippen LogP contribution in [0.1, 0.15) is 17.4 Å². The molecular formula is C16H21N3O2S2. The quantitative estimate of drug-likeness (QED) is 0.619. The van der Waals surface area contributed by atoms with Crippen LogP contribution in [0.2, 0.25) is 0 Å². The molecule has 0 saturated carbocycles. The second-order valence-corrected chi connectivity index (χ2v) is 8.09. The molecule has 0 bridgehead atoms. The van der Waals surface area contributed by atoms with E-state index in [0.717, 1.165) is 24.6 Å². The number of aliphatic imine (C=N–C) groups is 1. The molecule has 2 aromatic rings. The van der Waals surface area contributed by atoms with E-state index in [1.54, 1.807) is 35.6 Å². The van der Waals surface area contributed by atoms with Gasteiger partial charge in [0.25, 0.3) is 0 Å². The van der Waals surface area contributed by atoms with E-state index >= 15 is 0 Å². The summed E-state index contributed by atoms with van der Waals surface area (Å²) in [6.45, 7) is 4.02. The molecule has 124 valence electrons. The molecule has 2 rings (SSSR count). The first-order valence-electron chi connectivity index (χ1n) is 7.32. The summed E-state index contributed by atoms with van der Waals surface area (Å²) in [4.78, 5) is 6.10. The van der Waals surface area contributed by atoms with Crippen LogP contribution in [0.15, 0.2) is 51.7 Å². The van der Waals surface area contributed by atoms with Crippen LogP contribution in [0, 0.1) is 0 Å². The Balaban J connectivity index is 1.99. The van der Waals surface area contributed by atoms with Gasteiger partial charge in [0.15, 0.2) is 15.8 Å². The highest BCUT2D eigenvalue weighted by molar-refractivity contribution is 7.90. The van der Waals surface area contributed by atoms with E-state index in [0.29, 0.717) is 11.4 Å². The second-order valence-electron chi connectivity index (χ2n) is 5.04. The van der Waals surface area contributed by atoms with E-state index in [2.05, 4.69) is 21.7 Å². The topological polar surface area (TPSA) is 70.6 Å². The zero-order valence-electron chi connectivity index (χ0n) is 13.2. The number of nitrogens with zero attached hydrogens (tertiary/aromatic N) is 1. The number of thiophene rings is 1. The standard InChI is InChI=1S/C16H21N3O2S2/c1-3-17-16(19-12-14-5-4-10-22-14)18-11-13-6-8-15(9-7-13)23(2,20)21/h4-10H,3,11-12H2,1-2H3,(H2,17,18,19). The van der Waals surface area contributed by atoms with Crippen LogP contribution in [-0.2, 0) is 22.9 Å². The molecule has 7 heteroatoms. The van der Waals surface area contributed by atoms with Crippen LogP contribution < -0.4 is 10.6 Å². The molecule has 0 amide bonds. The van der Waals surface area contributed by atoms with Crippen molar-refractivity contribution in [2.45, 2.75) is 24.9 Å². The van der Waals surface area contributed by atoms with Crippen LogP contribution in [0.4, 0.5) is 0 Å². The third-order valence-electron chi connectivity index (χ3n) is 3.13. The van der Waals surface area contributed by atoms with Gasteiger partial charge in [-0.1, -0.05) is 18.2 Å². The van der Waals surface area contributed by atoms with Crippen LogP contribution in [-0.4, -0.2) is 27.2 Å². The average molecular weight is 351 g/mol. The lowest BCUT2D eigenvalue weighted by molar-refractivity contribution is 0.602. The highest BCUT2D eigenvalue weighted by atomic mass is 32.2. The minimum Gasteiger partial charge on any atom is -0.357 e. The van der Waals surface area contributed by atoms with Gasteiger partial charge in [-0.2, -0.15) is 0 Å². The van der Waals surface area contributed by atoms with Crippen molar-refractivity contribution in [3.63, 3.8) is 0 Å². The van der Waals surface area contributed by atoms with E-state index in [9.17, 15) is 8.42 Å². The van der Waals surface area contributed by atoms with Gasteiger partial charge in [0.1, 0.15) is 0 Å². The SMILES string of the molecule is CCNC(=NCc1ccc(S(C)(=O)=O)cc1)NCc1cccs1. The summed E-state index contributed by atoms with van der Waals surface area (Å²) in [7, 11) is -3.15. The maximum Gasteiger partial charge on any atom is 0.191 e. The molecule has 0 aliphatic rings. The molecule has 0 spiro atoms. The summed E-state index contributed by atoms with van der Waals surface area (Å²) in [6.07, 6.45) is 1.21. The molecule has 23 heavy (non-hydrogen) atoms. The second kappa shape index (κ2) is 8.12. The molecule has 1 heterocycles. The fourth-order valence-corrected chi connectivity index (χ4v) is 3.21. The largest absolute Gasteiger partial charge is 0.357 e. The number of benzene rings is 1. The number of guanidine groups is 1. The zero-order valence-corrected chi connectivity index (χ0v) is 14.9. The van der Waals surface area contributed by atoms with Crippen molar-refractivity contribution >= 4 is 27.1 Å². The summed E-state index contributed by atoms with van der Waals surface area (Å²) in [5.41, 5.74) is 0.964. The van der Waals surface area contributed by atoms with Gasteiger partial charge in [0.2, 0.25) is 0 Å². The van der Waals surface area contributed by atoms with Gasteiger partial charge in [-0.3, -0.25) is 0 Å². The molecule has 5 nitrogen and oxygen atoms in total. The zero-order chi connectivity index (χ0) is 16.7. The summed E-state index contributed by atoms with van der Waals surface area (Å²) >= 11 is 1.70. The minimum absolute atomic E-state index is 0.327. The first-order chi connectivity index (χ1) is 11.0. The monoisotopic (exact) mass is 351 g/mol. The van der Waals surface area contributed by atoms with Gasteiger partial charge in [0.05, 0.1) is 18.0 Å². The van der Waals surface area contributed by atoms with Gasteiger partial charge in [-0.25, -0.2) is 13.4 Å². The van der Waals surface area contributed by atoms with Crippen molar-refractivity contribution in [2.24, 2.45) is 4.99 Å². The van der Waals surface area contributed by atoms with Crippen LogP contribution in [0.3, 0.4) is 0 Å². The number of nitrogens with one attached hydrogen (secondary N) is 2. The highest BCUT2D eigenvalue weighted by Gasteiger charge is 2.06. The maximum absolute atomic E-state index is 11.4. The molecule has 0 aliphatic carbocycles. The van der Waals surface area contributed by atoms with Crippen molar-refractivity contribution in [1.82, 2.24) is 10.6 Å². The molecule has 0 saturated heterocycles. The number of sulfone groups is 1. The maximum atomic E-state index is 11.4. The van der Waals surface area contributed by atoms with Gasteiger partial charge < -0.3 is 10.6 Å². The van der Waals surface area contributed by atoms with Crippen LogP contribution >= 0.6 is 11.3 Å². The molecular weight excluding hydrogens is 330 g/mol. The summed E-state index contributed by atoms with van der Waals surface area (Å²) < 4.78 is 22.9. The fourth-order valence-electron chi connectivity index (χ4n) is 1.94. The predicted octanol–water partition coefficient (Wildman–Crippen LogP) is 2.41. The van der Waals surface area contributed by atoms with E-state index in [1.807, 2.05) is 18.4 Å². The lowest BCUT2D eigenvalue weighted by Crippen LogP contribution is -2.36. The Morgan fingerprint density at radius 1 is 1.17 bits per heavy atom. The Labute approximate surface area is 141 Å². The Morgan fingerprint density at radius 2 is 1.91 bits per heavy atom. The van der Waals surface area contributed by atoms with Gasteiger partial charge in [-0.05, 0) is 36.1 Å². The van der Waals surface area contributed by atoms with E-state index in [4.69, 9.17) is 0 Å². The first kappa shape index (κ1) is 17.5. The number of rotatable bonds is 6. The fraction of sp³-hybridized carbons (Fsp3) is 0.312. The molecule has 0 atom stereocenters. The number of hydrogen-bond donors (Lipinski definition) is 2. The summed E-state index contributed by atoms with van der Waals surface area (Å²) in [5.74, 6) is 0.744. The van der Waals surface area contributed by atoms with Crippen molar-refractivity contribution in [3.8, 4) is 0 Å². The number of hydrogen-bond acceptors (Lipinski definition) is 4. The van der Waals surface area contributed by atoms with Crippen molar-refractivity contribution in [1.29, 1.82) is 0 Å². The first-order valence-corrected chi connectivity index (χ1v) is 10.1. The Kier molecular flexibility index (Phi) is 6.18. The molecule has 0 fully saturated rings.